The van der Waals surface area contributed by atoms with Gasteiger partial charge in [-0.15, -0.1) is 0 Å². The fraction of sp³-hybridized carbons (Fsp3) is 0.0952. The summed E-state index contributed by atoms with van der Waals surface area (Å²) in [5.74, 6) is 0.187. The topological polar surface area (TPSA) is 55.8 Å². The van der Waals surface area contributed by atoms with Gasteiger partial charge in [-0.05, 0) is 35.4 Å². The molecule has 4 nitrogen and oxygen atoms in total. The number of hydrogen-bond donors (Lipinski definition) is 1. The third-order valence-corrected chi connectivity index (χ3v) is 3.82. The number of carboxylic acid groups (broad SMARTS) is 1. The Morgan fingerprint density at radius 2 is 1.68 bits per heavy atom. The lowest BCUT2D eigenvalue weighted by atomic mass is 10.0. The Balaban J connectivity index is 1.95. The third-order valence-electron chi connectivity index (χ3n) is 3.82. The van der Waals surface area contributed by atoms with E-state index in [2.05, 4.69) is 0 Å². The number of ether oxygens (including phenoxy) is 2. The molecule has 25 heavy (non-hydrogen) atoms. The quantitative estimate of drug-likeness (QED) is 0.713. The van der Waals surface area contributed by atoms with Gasteiger partial charge in [0.25, 0.3) is 0 Å². The maximum atomic E-state index is 11.4. The molecule has 0 bridgehead atoms. The molecule has 0 fully saturated rings. The number of carboxylic acids is 1. The summed E-state index contributed by atoms with van der Waals surface area (Å²) in [6, 6.07) is 22.4. The van der Waals surface area contributed by atoms with Gasteiger partial charge in [0.15, 0.2) is 0 Å². The Morgan fingerprint density at radius 3 is 2.40 bits per heavy atom. The molecule has 126 valence electrons. The molecule has 4 heteroatoms. The molecular weight excluding hydrogens is 316 g/mol. The largest absolute Gasteiger partial charge is 0.497 e. The van der Waals surface area contributed by atoms with Crippen LogP contribution in [0.4, 0.5) is 0 Å². The van der Waals surface area contributed by atoms with E-state index in [0.29, 0.717) is 18.1 Å². The third kappa shape index (κ3) is 3.98. The van der Waals surface area contributed by atoms with Gasteiger partial charge in [0.05, 0.1) is 12.7 Å². The first-order chi connectivity index (χ1) is 12.2. The van der Waals surface area contributed by atoms with E-state index in [1.54, 1.807) is 12.1 Å². The van der Waals surface area contributed by atoms with Crippen molar-refractivity contribution >= 4 is 5.97 Å². The van der Waals surface area contributed by atoms with E-state index in [4.69, 9.17) is 9.47 Å². The van der Waals surface area contributed by atoms with Crippen molar-refractivity contribution in [1.82, 2.24) is 0 Å². The Labute approximate surface area is 146 Å². The van der Waals surface area contributed by atoms with Crippen molar-refractivity contribution in [3.63, 3.8) is 0 Å². The van der Waals surface area contributed by atoms with Crippen molar-refractivity contribution in [2.24, 2.45) is 0 Å². The second kappa shape index (κ2) is 7.53. The molecule has 0 aromatic heterocycles. The van der Waals surface area contributed by atoms with Gasteiger partial charge in [-0.3, -0.25) is 0 Å². The lowest BCUT2D eigenvalue weighted by Crippen LogP contribution is -1.99. The summed E-state index contributed by atoms with van der Waals surface area (Å²) >= 11 is 0. The van der Waals surface area contributed by atoms with Crippen LogP contribution in [-0.4, -0.2) is 18.2 Å². The van der Waals surface area contributed by atoms with Crippen molar-refractivity contribution in [2.75, 3.05) is 7.11 Å². The van der Waals surface area contributed by atoms with Crippen molar-refractivity contribution in [3.05, 3.63) is 83.9 Å². The van der Waals surface area contributed by atoms with Crippen LogP contribution in [0.15, 0.2) is 72.8 Å². The highest BCUT2D eigenvalue weighted by Gasteiger charge is 2.12. The fourth-order valence-electron chi connectivity index (χ4n) is 2.56. The second-order valence-corrected chi connectivity index (χ2v) is 5.53. The molecule has 0 saturated carbocycles. The molecule has 3 aromatic rings. The van der Waals surface area contributed by atoms with Crippen molar-refractivity contribution in [2.45, 2.75) is 6.61 Å². The molecule has 0 amide bonds. The fourth-order valence-corrected chi connectivity index (χ4v) is 2.56. The Hall–Kier alpha value is -3.27. The van der Waals surface area contributed by atoms with Gasteiger partial charge in [-0.25, -0.2) is 4.79 Å². The normalized spacial score (nSPS) is 10.3. The zero-order chi connectivity index (χ0) is 17.6. The Bertz CT molecular complexity index is 872. The number of para-hydroxylation sites is 1. The van der Waals surface area contributed by atoms with Crippen LogP contribution in [0, 0.1) is 0 Å². The van der Waals surface area contributed by atoms with Gasteiger partial charge in [0.2, 0.25) is 0 Å². The number of aromatic carboxylic acids is 1. The predicted octanol–water partition coefficient (Wildman–Crippen LogP) is 4.64. The summed E-state index contributed by atoms with van der Waals surface area (Å²) in [4.78, 5) is 11.4. The highest BCUT2D eigenvalue weighted by molar-refractivity contribution is 5.90. The van der Waals surface area contributed by atoms with E-state index in [9.17, 15) is 9.90 Å². The lowest BCUT2D eigenvalue weighted by Gasteiger charge is -2.13. The van der Waals surface area contributed by atoms with E-state index < -0.39 is 5.97 Å². The highest BCUT2D eigenvalue weighted by Crippen LogP contribution is 2.33. The summed E-state index contributed by atoms with van der Waals surface area (Å²) in [6.07, 6.45) is 0. The number of methoxy groups -OCH3 is 1. The maximum Gasteiger partial charge on any atom is 0.335 e. The van der Waals surface area contributed by atoms with Crippen LogP contribution in [0.3, 0.4) is 0 Å². The zero-order valence-electron chi connectivity index (χ0n) is 13.8. The summed E-state index contributed by atoms with van der Waals surface area (Å²) < 4.78 is 11.2. The molecule has 0 saturated heterocycles. The summed E-state index contributed by atoms with van der Waals surface area (Å²) in [6.45, 7) is 0.438. The van der Waals surface area contributed by atoms with Crippen LogP contribution in [-0.2, 0) is 6.61 Å². The average molecular weight is 334 g/mol. The molecule has 0 aliphatic rings. The van der Waals surface area contributed by atoms with Gasteiger partial charge in [0.1, 0.15) is 18.1 Å². The van der Waals surface area contributed by atoms with Crippen LogP contribution in [0.25, 0.3) is 11.1 Å². The van der Waals surface area contributed by atoms with Crippen LogP contribution >= 0.6 is 0 Å². The van der Waals surface area contributed by atoms with Crippen LogP contribution in [0.1, 0.15) is 15.9 Å². The average Bonchev–Trinajstić information content (AvgIpc) is 2.67. The van der Waals surface area contributed by atoms with E-state index in [1.165, 1.54) is 13.2 Å². The first-order valence-corrected chi connectivity index (χ1v) is 7.86. The molecule has 0 atom stereocenters. The number of hydrogen-bond acceptors (Lipinski definition) is 3. The van der Waals surface area contributed by atoms with Crippen LogP contribution in [0.2, 0.25) is 0 Å². The van der Waals surface area contributed by atoms with E-state index >= 15 is 0 Å². The molecule has 0 heterocycles. The molecule has 0 aliphatic carbocycles. The second-order valence-electron chi connectivity index (χ2n) is 5.53. The minimum atomic E-state index is -0.997. The van der Waals surface area contributed by atoms with Crippen LogP contribution in [0.5, 0.6) is 11.5 Å². The standard InChI is InChI=1S/C21H18O4/c1-24-18-12-16(11-17(13-18)21(22)23)19-9-5-6-10-20(19)25-14-15-7-3-2-4-8-15/h2-13H,14H2,1H3,(H,22,23). The van der Waals surface area contributed by atoms with Crippen molar-refractivity contribution in [3.8, 4) is 22.6 Å². The number of benzene rings is 3. The molecule has 0 radical (unpaired) electrons. The van der Waals surface area contributed by atoms with Crippen LogP contribution < -0.4 is 9.47 Å². The minimum Gasteiger partial charge on any atom is -0.497 e. The first kappa shape index (κ1) is 16.6. The smallest absolute Gasteiger partial charge is 0.335 e. The Kier molecular flexibility index (Phi) is 5.00. The summed E-state index contributed by atoms with van der Waals surface area (Å²) in [7, 11) is 1.52. The molecule has 3 aromatic carbocycles. The van der Waals surface area contributed by atoms with E-state index in [0.717, 1.165) is 16.7 Å². The van der Waals surface area contributed by atoms with Gasteiger partial charge in [0, 0.05) is 5.56 Å². The maximum absolute atomic E-state index is 11.4. The molecule has 3 rings (SSSR count). The predicted molar refractivity (Wildman–Crippen MR) is 96.2 cm³/mol. The van der Waals surface area contributed by atoms with Gasteiger partial charge < -0.3 is 14.6 Å². The molecule has 0 aliphatic heterocycles. The summed E-state index contributed by atoms with van der Waals surface area (Å²) in [5, 5.41) is 9.31. The highest BCUT2D eigenvalue weighted by atomic mass is 16.5. The van der Waals surface area contributed by atoms with Gasteiger partial charge in [-0.2, -0.15) is 0 Å². The SMILES string of the molecule is COc1cc(C(=O)O)cc(-c2ccccc2OCc2ccccc2)c1. The zero-order valence-corrected chi connectivity index (χ0v) is 13.8. The lowest BCUT2D eigenvalue weighted by molar-refractivity contribution is 0.0696. The van der Waals surface area contributed by atoms with Crippen molar-refractivity contribution < 1.29 is 19.4 Å². The molecule has 0 unspecified atom stereocenters. The summed E-state index contributed by atoms with van der Waals surface area (Å²) in [5.41, 5.74) is 2.79. The monoisotopic (exact) mass is 334 g/mol. The Morgan fingerprint density at radius 1 is 0.960 bits per heavy atom. The van der Waals surface area contributed by atoms with E-state index in [1.807, 2.05) is 54.6 Å². The van der Waals surface area contributed by atoms with Gasteiger partial charge in [-0.1, -0.05) is 48.5 Å². The minimum absolute atomic E-state index is 0.173. The molecule has 1 N–H and O–H groups in total. The van der Waals surface area contributed by atoms with E-state index in [-0.39, 0.29) is 5.56 Å². The molecule has 0 spiro atoms. The number of carbonyl (C=O) groups is 1. The first-order valence-electron chi connectivity index (χ1n) is 7.86. The van der Waals surface area contributed by atoms with Gasteiger partial charge >= 0.3 is 5.97 Å². The number of rotatable bonds is 6. The van der Waals surface area contributed by atoms with Crippen molar-refractivity contribution in [1.29, 1.82) is 0 Å². The molecular formula is C21H18O4.